The molecule has 0 bridgehead atoms. The topological polar surface area (TPSA) is 58.4 Å². The maximum absolute atomic E-state index is 12.0. The fraction of sp³-hybridized carbons (Fsp3) is 0.588. The van der Waals surface area contributed by atoms with Gasteiger partial charge in [0.25, 0.3) is 5.91 Å². The van der Waals surface area contributed by atoms with E-state index >= 15 is 0 Å². The highest BCUT2D eigenvalue weighted by molar-refractivity contribution is 5.94. The van der Waals surface area contributed by atoms with Crippen molar-refractivity contribution in [1.82, 2.24) is 5.32 Å². The van der Waals surface area contributed by atoms with Gasteiger partial charge in [-0.15, -0.1) is 0 Å². The maximum Gasteiger partial charge on any atom is 0.251 e. The van der Waals surface area contributed by atoms with E-state index in [1.165, 1.54) is 18.5 Å². The zero-order chi connectivity index (χ0) is 15.7. The quantitative estimate of drug-likeness (QED) is 0.735. The van der Waals surface area contributed by atoms with Gasteiger partial charge >= 0.3 is 0 Å². The molecule has 0 fully saturated rings. The van der Waals surface area contributed by atoms with Crippen LogP contribution in [0.4, 0.5) is 5.69 Å². The van der Waals surface area contributed by atoms with Crippen LogP contribution in [0.5, 0.6) is 0 Å². The number of benzene rings is 1. The highest BCUT2D eigenvalue weighted by Crippen LogP contribution is 2.16. The van der Waals surface area contributed by atoms with Crippen LogP contribution in [0.25, 0.3) is 0 Å². The molecule has 4 nitrogen and oxygen atoms in total. The number of hydrogen-bond acceptors (Lipinski definition) is 3. The number of nitrogens with zero attached hydrogens (tertiary/aromatic N) is 1. The number of hydrogen-bond donors (Lipinski definition) is 2. The van der Waals surface area contributed by atoms with E-state index in [0.29, 0.717) is 24.6 Å². The molecule has 0 saturated carbocycles. The summed E-state index contributed by atoms with van der Waals surface area (Å²) in [6.07, 6.45) is 2.38. The van der Waals surface area contributed by atoms with E-state index in [4.69, 9.17) is 5.73 Å². The Labute approximate surface area is 128 Å². The largest absolute Gasteiger partial charge is 0.372 e. The molecule has 3 N–H and O–H groups in total. The Kier molecular flexibility index (Phi) is 7.83. The lowest BCUT2D eigenvalue weighted by molar-refractivity contribution is 0.0948. The molecule has 21 heavy (non-hydrogen) atoms. The van der Waals surface area contributed by atoms with E-state index in [9.17, 15) is 4.79 Å². The SMILES string of the molecule is CCCCN(CC)c1ccc(C(=O)NCC(C)CN)cc1. The predicted octanol–water partition coefficient (Wildman–Crippen LogP) is 2.64. The number of nitrogens with two attached hydrogens (primary N) is 1. The van der Waals surface area contributed by atoms with Crippen molar-refractivity contribution in [1.29, 1.82) is 0 Å². The van der Waals surface area contributed by atoms with Crippen LogP contribution in [0.1, 0.15) is 44.0 Å². The molecular formula is C17H29N3O. The number of amides is 1. The summed E-state index contributed by atoms with van der Waals surface area (Å²) in [6, 6.07) is 7.85. The second-order valence-electron chi connectivity index (χ2n) is 5.53. The fourth-order valence-corrected chi connectivity index (χ4v) is 2.09. The van der Waals surface area contributed by atoms with Gasteiger partial charge in [-0.3, -0.25) is 4.79 Å². The molecule has 0 aromatic heterocycles. The maximum atomic E-state index is 12.0. The third-order valence-corrected chi connectivity index (χ3v) is 3.67. The molecule has 1 aromatic rings. The Bertz CT molecular complexity index is 417. The molecule has 0 aliphatic rings. The summed E-state index contributed by atoms with van der Waals surface area (Å²) < 4.78 is 0. The molecule has 1 rings (SSSR count). The molecule has 1 amide bonds. The van der Waals surface area contributed by atoms with Gasteiger partial charge < -0.3 is 16.0 Å². The normalized spacial score (nSPS) is 12.0. The van der Waals surface area contributed by atoms with Gasteiger partial charge in [0.2, 0.25) is 0 Å². The first-order valence-electron chi connectivity index (χ1n) is 7.95. The van der Waals surface area contributed by atoms with Crippen LogP contribution in [0.2, 0.25) is 0 Å². The monoisotopic (exact) mass is 291 g/mol. The third-order valence-electron chi connectivity index (χ3n) is 3.67. The first-order valence-corrected chi connectivity index (χ1v) is 7.95. The first kappa shape index (κ1) is 17.5. The van der Waals surface area contributed by atoms with Gasteiger partial charge in [-0.05, 0) is 50.1 Å². The molecule has 0 aliphatic heterocycles. The number of unbranched alkanes of at least 4 members (excludes halogenated alkanes) is 1. The Morgan fingerprint density at radius 1 is 1.29 bits per heavy atom. The Hall–Kier alpha value is -1.55. The van der Waals surface area contributed by atoms with E-state index in [1.54, 1.807) is 0 Å². The number of rotatable bonds is 9. The van der Waals surface area contributed by atoms with Gasteiger partial charge in [-0.2, -0.15) is 0 Å². The van der Waals surface area contributed by atoms with Crippen molar-refractivity contribution in [3.05, 3.63) is 29.8 Å². The Balaban J connectivity index is 2.61. The highest BCUT2D eigenvalue weighted by atomic mass is 16.1. The van der Waals surface area contributed by atoms with E-state index in [2.05, 4.69) is 24.1 Å². The molecule has 0 aliphatic carbocycles. The third kappa shape index (κ3) is 5.76. The van der Waals surface area contributed by atoms with Crippen molar-refractivity contribution in [3.63, 3.8) is 0 Å². The number of carbonyl (C=O) groups excluding carboxylic acids is 1. The average Bonchev–Trinajstić information content (AvgIpc) is 2.53. The minimum absolute atomic E-state index is 0.0292. The Morgan fingerprint density at radius 2 is 1.95 bits per heavy atom. The van der Waals surface area contributed by atoms with Crippen molar-refractivity contribution in [3.8, 4) is 0 Å². The minimum Gasteiger partial charge on any atom is -0.372 e. The van der Waals surface area contributed by atoms with Gasteiger partial charge in [0.1, 0.15) is 0 Å². The van der Waals surface area contributed by atoms with Crippen LogP contribution in [0.15, 0.2) is 24.3 Å². The van der Waals surface area contributed by atoms with Crippen molar-refractivity contribution in [2.75, 3.05) is 31.1 Å². The van der Waals surface area contributed by atoms with Crippen LogP contribution in [-0.2, 0) is 0 Å². The molecule has 118 valence electrons. The fourth-order valence-electron chi connectivity index (χ4n) is 2.09. The van der Waals surface area contributed by atoms with Crippen LogP contribution >= 0.6 is 0 Å². The molecule has 4 heteroatoms. The number of carbonyl (C=O) groups is 1. The molecule has 0 saturated heterocycles. The number of anilines is 1. The van der Waals surface area contributed by atoms with Crippen molar-refractivity contribution in [2.24, 2.45) is 11.7 Å². The zero-order valence-electron chi connectivity index (χ0n) is 13.6. The van der Waals surface area contributed by atoms with Gasteiger partial charge in [0.05, 0.1) is 0 Å². The summed E-state index contributed by atoms with van der Waals surface area (Å²) in [6.45, 7) is 9.63. The summed E-state index contributed by atoms with van der Waals surface area (Å²) in [5.74, 6) is 0.274. The summed E-state index contributed by atoms with van der Waals surface area (Å²) in [4.78, 5) is 14.4. The zero-order valence-corrected chi connectivity index (χ0v) is 13.6. The number of nitrogens with one attached hydrogen (secondary N) is 1. The second kappa shape index (κ2) is 9.40. The van der Waals surface area contributed by atoms with Crippen LogP contribution in [0.3, 0.4) is 0 Å². The van der Waals surface area contributed by atoms with Gasteiger partial charge in [0, 0.05) is 30.9 Å². The molecule has 0 radical (unpaired) electrons. The van der Waals surface area contributed by atoms with Gasteiger partial charge in [-0.1, -0.05) is 20.3 Å². The second-order valence-corrected chi connectivity index (χ2v) is 5.53. The highest BCUT2D eigenvalue weighted by Gasteiger charge is 2.08. The van der Waals surface area contributed by atoms with E-state index in [0.717, 1.165) is 13.1 Å². The van der Waals surface area contributed by atoms with Crippen LogP contribution in [0, 0.1) is 5.92 Å². The predicted molar refractivity (Wildman–Crippen MR) is 89.8 cm³/mol. The summed E-state index contributed by atoms with van der Waals surface area (Å²) in [7, 11) is 0. The molecule has 1 atom stereocenters. The lowest BCUT2D eigenvalue weighted by Gasteiger charge is -2.23. The molecule has 0 spiro atoms. The van der Waals surface area contributed by atoms with Gasteiger partial charge in [0.15, 0.2) is 0 Å². The summed E-state index contributed by atoms with van der Waals surface area (Å²) in [5, 5.41) is 2.91. The lowest BCUT2D eigenvalue weighted by Crippen LogP contribution is -2.31. The van der Waals surface area contributed by atoms with E-state index < -0.39 is 0 Å². The van der Waals surface area contributed by atoms with Gasteiger partial charge in [-0.25, -0.2) is 0 Å². The Morgan fingerprint density at radius 3 is 2.48 bits per heavy atom. The van der Waals surface area contributed by atoms with E-state index in [-0.39, 0.29) is 5.91 Å². The van der Waals surface area contributed by atoms with Crippen molar-refractivity contribution >= 4 is 11.6 Å². The smallest absolute Gasteiger partial charge is 0.251 e. The average molecular weight is 291 g/mol. The van der Waals surface area contributed by atoms with Crippen molar-refractivity contribution in [2.45, 2.75) is 33.6 Å². The molecule has 0 heterocycles. The standard InChI is InChI=1S/C17H29N3O/c1-4-6-11-20(5-2)16-9-7-15(8-10-16)17(21)19-13-14(3)12-18/h7-10,14H,4-6,11-13,18H2,1-3H3,(H,19,21). The first-order chi connectivity index (χ1) is 10.1. The lowest BCUT2D eigenvalue weighted by atomic mass is 10.1. The summed E-state index contributed by atoms with van der Waals surface area (Å²) >= 11 is 0. The van der Waals surface area contributed by atoms with E-state index in [1.807, 2.05) is 31.2 Å². The van der Waals surface area contributed by atoms with Crippen LogP contribution in [-0.4, -0.2) is 32.1 Å². The minimum atomic E-state index is -0.0292. The van der Waals surface area contributed by atoms with Crippen LogP contribution < -0.4 is 16.0 Å². The summed E-state index contributed by atoms with van der Waals surface area (Å²) in [5.41, 5.74) is 7.43. The molecule has 1 aromatic carbocycles. The molecular weight excluding hydrogens is 262 g/mol. The molecule has 1 unspecified atom stereocenters. The van der Waals surface area contributed by atoms with Crippen molar-refractivity contribution < 1.29 is 4.79 Å².